The van der Waals surface area contributed by atoms with Crippen LogP contribution in [0, 0.1) is 5.41 Å². The average Bonchev–Trinajstić information content (AvgIpc) is 2.98. The first kappa shape index (κ1) is 20.2. The van der Waals surface area contributed by atoms with E-state index in [0.717, 1.165) is 0 Å². The van der Waals surface area contributed by atoms with Crippen molar-refractivity contribution in [1.82, 2.24) is 14.7 Å². The molecule has 0 atom stereocenters. The van der Waals surface area contributed by atoms with Gasteiger partial charge < -0.3 is 15.4 Å². The van der Waals surface area contributed by atoms with Crippen LogP contribution in [0.5, 0.6) is 0 Å². The number of hydrogen-bond donors (Lipinski definition) is 1. The summed E-state index contributed by atoms with van der Waals surface area (Å²) in [5, 5.41) is 4.13. The number of carbonyl (C=O) groups is 1. The summed E-state index contributed by atoms with van der Waals surface area (Å²) in [6.07, 6.45) is 5.07. The molecule has 8 heteroatoms. The lowest BCUT2D eigenvalue weighted by molar-refractivity contribution is -0.145. The number of rotatable bonds is 5. The number of nitrogens with two attached hydrogens (primary N) is 1. The van der Waals surface area contributed by atoms with E-state index in [9.17, 15) is 4.79 Å². The number of ether oxygens (including phenoxy) is 1. The Kier molecular flexibility index (Phi) is 8.89. The third kappa shape index (κ3) is 4.85. The summed E-state index contributed by atoms with van der Waals surface area (Å²) in [6, 6.07) is 1.88. The van der Waals surface area contributed by atoms with Gasteiger partial charge in [-0.15, -0.1) is 24.8 Å². The molecule has 1 saturated heterocycles. The van der Waals surface area contributed by atoms with E-state index >= 15 is 0 Å². The Balaban J connectivity index is 0.00000200. The molecule has 0 unspecified atom stereocenters. The zero-order valence-corrected chi connectivity index (χ0v) is 13.9. The fraction of sp³-hybridized carbons (Fsp3) is 0.692. The quantitative estimate of drug-likeness (QED) is 0.867. The summed E-state index contributed by atoms with van der Waals surface area (Å²) in [4.78, 5) is 14.3. The SMILES string of the molecule is CN(CCn1cccn1)C(=O)C1(CN)CCOCC1.Cl.Cl. The lowest BCUT2D eigenvalue weighted by Gasteiger charge is -2.37. The van der Waals surface area contributed by atoms with E-state index in [1.54, 1.807) is 11.1 Å². The number of hydrogen-bond acceptors (Lipinski definition) is 4. The summed E-state index contributed by atoms with van der Waals surface area (Å²) < 4.78 is 7.16. The largest absolute Gasteiger partial charge is 0.381 e. The second kappa shape index (κ2) is 9.25. The van der Waals surface area contributed by atoms with E-state index in [1.807, 2.05) is 24.0 Å². The van der Waals surface area contributed by atoms with Gasteiger partial charge in [0, 0.05) is 45.7 Å². The topological polar surface area (TPSA) is 73.4 Å². The third-order valence-corrected chi connectivity index (χ3v) is 3.86. The van der Waals surface area contributed by atoms with Crippen molar-refractivity contribution in [2.45, 2.75) is 19.4 Å². The van der Waals surface area contributed by atoms with Gasteiger partial charge in [-0.1, -0.05) is 0 Å². The molecule has 1 aliphatic heterocycles. The number of nitrogens with zero attached hydrogens (tertiary/aromatic N) is 3. The molecule has 1 fully saturated rings. The Labute approximate surface area is 137 Å². The Hall–Kier alpha value is -0.820. The predicted octanol–water partition coefficient (Wildman–Crippen LogP) is 0.941. The predicted molar refractivity (Wildman–Crippen MR) is 85.9 cm³/mol. The van der Waals surface area contributed by atoms with Gasteiger partial charge in [-0.2, -0.15) is 5.10 Å². The average molecular weight is 339 g/mol. The van der Waals surface area contributed by atoms with E-state index in [-0.39, 0.29) is 30.7 Å². The van der Waals surface area contributed by atoms with Crippen molar-refractivity contribution < 1.29 is 9.53 Å². The highest BCUT2D eigenvalue weighted by atomic mass is 35.5. The van der Waals surface area contributed by atoms with Gasteiger partial charge in [0.05, 0.1) is 12.0 Å². The molecule has 1 aromatic rings. The van der Waals surface area contributed by atoms with Crippen LogP contribution in [0.3, 0.4) is 0 Å². The van der Waals surface area contributed by atoms with Crippen molar-refractivity contribution in [2.75, 3.05) is 33.4 Å². The van der Waals surface area contributed by atoms with Crippen molar-refractivity contribution in [3.05, 3.63) is 18.5 Å². The minimum atomic E-state index is -0.433. The highest BCUT2D eigenvalue weighted by Crippen LogP contribution is 2.31. The van der Waals surface area contributed by atoms with Crippen LogP contribution in [0.25, 0.3) is 0 Å². The Morgan fingerprint density at radius 3 is 2.62 bits per heavy atom. The molecule has 1 amide bonds. The maximum atomic E-state index is 12.6. The zero-order chi connectivity index (χ0) is 13.7. The van der Waals surface area contributed by atoms with Crippen LogP contribution in [0.1, 0.15) is 12.8 Å². The monoisotopic (exact) mass is 338 g/mol. The molecule has 0 bridgehead atoms. The smallest absolute Gasteiger partial charge is 0.230 e. The molecule has 21 heavy (non-hydrogen) atoms. The first-order valence-electron chi connectivity index (χ1n) is 6.69. The number of carbonyl (C=O) groups excluding carboxylic acids is 1. The lowest BCUT2D eigenvalue weighted by Crippen LogP contribution is -2.50. The molecule has 6 nitrogen and oxygen atoms in total. The molecule has 2 rings (SSSR count). The number of amides is 1. The van der Waals surface area contributed by atoms with E-state index in [0.29, 0.717) is 45.7 Å². The second-order valence-corrected chi connectivity index (χ2v) is 5.09. The van der Waals surface area contributed by atoms with Crippen molar-refractivity contribution in [2.24, 2.45) is 11.1 Å². The van der Waals surface area contributed by atoms with Gasteiger partial charge in [-0.3, -0.25) is 9.48 Å². The Morgan fingerprint density at radius 2 is 2.10 bits per heavy atom. The molecule has 2 heterocycles. The maximum absolute atomic E-state index is 12.6. The van der Waals surface area contributed by atoms with E-state index < -0.39 is 5.41 Å². The van der Waals surface area contributed by atoms with Gasteiger partial charge in [-0.05, 0) is 18.9 Å². The summed E-state index contributed by atoms with van der Waals surface area (Å²) in [5.41, 5.74) is 5.41. The van der Waals surface area contributed by atoms with Crippen LogP contribution < -0.4 is 5.73 Å². The molecular weight excluding hydrogens is 315 g/mol. The van der Waals surface area contributed by atoms with Gasteiger partial charge in [0.25, 0.3) is 0 Å². The molecule has 1 aromatic heterocycles. The fourth-order valence-electron chi connectivity index (χ4n) is 2.46. The standard InChI is InChI=1S/C13H22N4O2.2ClH/c1-16(7-8-17-6-2-5-15-17)12(18)13(11-14)3-9-19-10-4-13;;/h2,5-6H,3-4,7-11,14H2,1H3;2*1H. The normalized spacial score (nSPS) is 16.5. The molecule has 122 valence electrons. The Morgan fingerprint density at radius 1 is 1.43 bits per heavy atom. The fourth-order valence-corrected chi connectivity index (χ4v) is 2.46. The van der Waals surface area contributed by atoms with Gasteiger partial charge in [0.2, 0.25) is 5.91 Å². The van der Waals surface area contributed by atoms with Crippen molar-refractivity contribution >= 4 is 30.7 Å². The van der Waals surface area contributed by atoms with E-state index in [2.05, 4.69) is 5.10 Å². The van der Waals surface area contributed by atoms with Crippen LogP contribution in [-0.4, -0.2) is 53.9 Å². The Bertz CT molecular complexity index is 408. The van der Waals surface area contributed by atoms with Gasteiger partial charge in [-0.25, -0.2) is 0 Å². The lowest BCUT2D eigenvalue weighted by atomic mass is 9.79. The summed E-state index contributed by atoms with van der Waals surface area (Å²) in [7, 11) is 1.83. The van der Waals surface area contributed by atoms with Crippen LogP contribution >= 0.6 is 24.8 Å². The second-order valence-electron chi connectivity index (χ2n) is 5.09. The third-order valence-electron chi connectivity index (χ3n) is 3.86. The van der Waals surface area contributed by atoms with Crippen molar-refractivity contribution in [1.29, 1.82) is 0 Å². The maximum Gasteiger partial charge on any atom is 0.230 e. The highest BCUT2D eigenvalue weighted by molar-refractivity contribution is 5.85. The minimum Gasteiger partial charge on any atom is -0.381 e. The summed E-state index contributed by atoms with van der Waals surface area (Å²) in [6.45, 7) is 2.97. The molecule has 0 spiro atoms. The molecule has 0 aromatic carbocycles. The molecule has 0 saturated carbocycles. The van der Waals surface area contributed by atoms with Crippen molar-refractivity contribution in [3.63, 3.8) is 0 Å². The summed E-state index contributed by atoms with van der Waals surface area (Å²) >= 11 is 0. The van der Waals surface area contributed by atoms with Gasteiger partial charge >= 0.3 is 0 Å². The van der Waals surface area contributed by atoms with Crippen LogP contribution in [0.2, 0.25) is 0 Å². The van der Waals surface area contributed by atoms with Gasteiger partial charge in [0.15, 0.2) is 0 Å². The van der Waals surface area contributed by atoms with Gasteiger partial charge in [0.1, 0.15) is 0 Å². The first-order chi connectivity index (χ1) is 9.18. The van der Waals surface area contributed by atoms with Crippen molar-refractivity contribution in [3.8, 4) is 0 Å². The number of likely N-dealkylation sites (N-methyl/N-ethyl adjacent to an activating group) is 1. The van der Waals surface area contributed by atoms with Crippen LogP contribution in [0.15, 0.2) is 18.5 Å². The highest BCUT2D eigenvalue weighted by Gasteiger charge is 2.40. The number of aromatic nitrogens is 2. The molecule has 1 aliphatic rings. The summed E-state index contributed by atoms with van der Waals surface area (Å²) in [5.74, 6) is 0.130. The zero-order valence-electron chi connectivity index (χ0n) is 12.2. The van der Waals surface area contributed by atoms with Crippen LogP contribution in [0.4, 0.5) is 0 Å². The van der Waals surface area contributed by atoms with E-state index in [4.69, 9.17) is 10.5 Å². The number of halogens is 2. The molecular formula is C13H24Cl2N4O2. The van der Waals surface area contributed by atoms with E-state index in [1.165, 1.54) is 0 Å². The molecule has 0 aliphatic carbocycles. The minimum absolute atomic E-state index is 0. The van der Waals surface area contributed by atoms with Crippen LogP contribution in [-0.2, 0) is 16.1 Å². The molecule has 0 radical (unpaired) electrons. The molecule has 2 N–H and O–H groups in total. The first-order valence-corrected chi connectivity index (χ1v) is 6.69.